The molecule has 1 N–H and O–H groups in total. The molecule has 20 heavy (non-hydrogen) atoms. The number of carboxylic acid groups (broad SMARTS) is 1. The summed E-state index contributed by atoms with van der Waals surface area (Å²) < 4.78 is 13.5. The zero-order valence-electron chi connectivity index (χ0n) is 10.8. The molecule has 0 atom stereocenters. The van der Waals surface area contributed by atoms with Gasteiger partial charge in [0, 0.05) is 24.5 Å². The van der Waals surface area contributed by atoms with Crippen LogP contribution in [0.2, 0.25) is 0 Å². The molecule has 0 saturated heterocycles. The lowest BCUT2D eigenvalue weighted by Gasteiger charge is -2.26. The van der Waals surface area contributed by atoms with Crippen LogP contribution in [0, 0.1) is 5.82 Å². The van der Waals surface area contributed by atoms with Crippen molar-refractivity contribution >= 4 is 17.3 Å². The van der Waals surface area contributed by atoms with Gasteiger partial charge in [-0.3, -0.25) is 4.90 Å². The second-order valence-corrected chi connectivity index (χ2v) is 5.98. The van der Waals surface area contributed by atoms with Crippen molar-refractivity contribution in [3.63, 3.8) is 0 Å². The van der Waals surface area contributed by atoms with Crippen molar-refractivity contribution < 1.29 is 14.3 Å². The van der Waals surface area contributed by atoms with Gasteiger partial charge in [0.1, 0.15) is 5.82 Å². The van der Waals surface area contributed by atoms with Crippen molar-refractivity contribution in [2.75, 3.05) is 6.54 Å². The molecule has 104 valence electrons. The Morgan fingerprint density at radius 2 is 2.25 bits per heavy atom. The zero-order chi connectivity index (χ0) is 14.1. The summed E-state index contributed by atoms with van der Waals surface area (Å²) in [6.07, 6.45) is 1.01. The van der Waals surface area contributed by atoms with Crippen molar-refractivity contribution in [1.82, 2.24) is 4.90 Å². The number of halogens is 1. The Morgan fingerprint density at radius 1 is 1.40 bits per heavy atom. The molecular weight excluding hydrogens is 277 g/mol. The maximum absolute atomic E-state index is 13.5. The summed E-state index contributed by atoms with van der Waals surface area (Å²) >= 11 is 1.78. The Labute approximate surface area is 120 Å². The standard InChI is InChI=1S/C15H14FNO2S/c16-13-6-10(5-12(7-13)15(18)19)8-17-3-1-14-11(9-17)2-4-20-14/h2,4-7H,1,3,8-9H2,(H,18,19). The monoisotopic (exact) mass is 291 g/mol. The van der Waals surface area contributed by atoms with Crippen LogP contribution >= 0.6 is 11.3 Å². The first-order chi connectivity index (χ1) is 9.61. The van der Waals surface area contributed by atoms with Gasteiger partial charge >= 0.3 is 5.97 Å². The highest BCUT2D eigenvalue weighted by Gasteiger charge is 2.18. The third-order valence-corrected chi connectivity index (χ3v) is 4.52. The molecule has 0 bridgehead atoms. The van der Waals surface area contributed by atoms with E-state index in [-0.39, 0.29) is 5.56 Å². The highest BCUT2D eigenvalue weighted by Crippen LogP contribution is 2.25. The molecule has 0 spiro atoms. The van der Waals surface area contributed by atoms with Crippen LogP contribution in [0.4, 0.5) is 4.39 Å². The molecule has 2 aromatic rings. The second kappa shape index (κ2) is 5.34. The average Bonchev–Trinajstić information content (AvgIpc) is 2.85. The van der Waals surface area contributed by atoms with Crippen molar-refractivity contribution in [3.8, 4) is 0 Å². The molecule has 0 fully saturated rings. The predicted octanol–water partition coefficient (Wildman–Crippen LogP) is 3.14. The third-order valence-electron chi connectivity index (χ3n) is 3.50. The number of hydrogen-bond donors (Lipinski definition) is 1. The number of rotatable bonds is 3. The van der Waals surface area contributed by atoms with Gasteiger partial charge in [-0.05, 0) is 47.2 Å². The Morgan fingerprint density at radius 3 is 3.05 bits per heavy atom. The van der Waals surface area contributed by atoms with E-state index >= 15 is 0 Å². The summed E-state index contributed by atoms with van der Waals surface area (Å²) in [4.78, 5) is 14.6. The fourth-order valence-corrected chi connectivity index (χ4v) is 3.45. The lowest BCUT2D eigenvalue weighted by atomic mass is 10.1. The van der Waals surface area contributed by atoms with Crippen LogP contribution in [0.1, 0.15) is 26.4 Å². The minimum atomic E-state index is -1.09. The number of hydrogen-bond acceptors (Lipinski definition) is 3. The number of thiophene rings is 1. The van der Waals surface area contributed by atoms with E-state index in [2.05, 4.69) is 16.3 Å². The molecule has 0 saturated carbocycles. The fraction of sp³-hybridized carbons (Fsp3) is 0.267. The largest absolute Gasteiger partial charge is 0.478 e. The molecule has 0 unspecified atom stereocenters. The topological polar surface area (TPSA) is 40.5 Å². The third kappa shape index (κ3) is 2.73. The van der Waals surface area contributed by atoms with Gasteiger partial charge in [0.2, 0.25) is 0 Å². The maximum atomic E-state index is 13.5. The molecule has 3 nitrogen and oxygen atoms in total. The van der Waals surface area contributed by atoms with E-state index in [1.165, 1.54) is 16.5 Å². The van der Waals surface area contributed by atoms with E-state index in [0.717, 1.165) is 25.6 Å². The molecule has 3 rings (SSSR count). The summed E-state index contributed by atoms with van der Waals surface area (Å²) in [5.74, 6) is -1.59. The number of benzene rings is 1. The minimum Gasteiger partial charge on any atom is -0.478 e. The molecule has 2 heterocycles. The van der Waals surface area contributed by atoms with Crippen molar-refractivity contribution in [2.24, 2.45) is 0 Å². The van der Waals surface area contributed by atoms with Crippen molar-refractivity contribution in [1.29, 1.82) is 0 Å². The Bertz CT molecular complexity index is 653. The van der Waals surface area contributed by atoms with Crippen LogP contribution in [-0.2, 0) is 19.5 Å². The molecule has 1 aliphatic rings. The molecular formula is C15H14FNO2S. The first-order valence-electron chi connectivity index (χ1n) is 6.42. The summed E-state index contributed by atoms with van der Waals surface area (Å²) in [6.45, 7) is 2.34. The summed E-state index contributed by atoms with van der Waals surface area (Å²) in [6, 6.07) is 6.14. The molecule has 0 radical (unpaired) electrons. The minimum absolute atomic E-state index is 0.00762. The van der Waals surface area contributed by atoms with Gasteiger partial charge in [-0.25, -0.2) is 9.18 Å². The Kier molecular flexibility index (Phi) is 3.54. The fourth-order valence-electron chi connectivity index (χ4n) is 2.57. The number of fused-ring (bicyclic) bond motifs is 1. The Balaban J connectivity index is 1.77. The van der Waals surface area contributed by atoms with E-state index in [9.17, 15) is 9.18 Å². The van der Waals surface area contributed by atoms with Crippen LogP contribution in [0.5, 0.6) is 0 Å². The van der Waals surface area contributed by atoms with Crippen LogP contribution in [0.25, 0.3) is 0 Å². The van der Waals surface area contributed by atoms with E-state index in [1.807, 2.05) is 0 Å². The van der Waals surface area contributed by atoms with Gasteiger partial charge in [0.25, 0.3) is 0 Å². The van der Waals surface area contributed by atoms with E-state index in [1.54, 1.807) is 17.4 Å². The van der Waals surface area contributed by atoms with Crippen LogP contribution in [-0.4, -0.2) is 22.5 Å². The van der Waals surface area contributed by atoms with Crippen LogP contribution in [0.3, 0.4) is 0 Å². The van der Waals surface area contributed by atoms with Crippen molar-refractivity contribution in [2.45, 2.75) is 19.5 Å². The van der Waals surface area contributed by atoms with Crippen molar-refractivity contribution in [3.05, 3.63) is 57.0 Å². The van der Waals surface area contributed by atoms with Gasteiger partial charge in [0.05, 0.1) is 5.56 Å². The first-order valence-corrected chi connectivity index (χ1v) is 7.30. The normalized spacial score (nSPS) is 15.1. The van der Waals surface area contributed by atoms with Crippen LogP contribution < -0.4 is 0 Å². The SMILES string of the molecule is O=C(O)c1cc(F)cc(CN2CCc3sccc3C2)c1. The predicted molar refractivity (Wildman–Crippen MR) is 75.5 cm³/mol. The lowest BCUT2D eigenvalue weighted by Crippen LogP contribution is -2.29. The first kappa shape index (κ1) is 13.3. The van der Waals surface area contributed by atoms with E-state index in [0.29, 0.717) is 12.1 Å². The maximum Gasteiger partial charge on any atom is 0.335 e. The Hall–Kier alpha value is -1.72. The number of nitrogens with zero attached hydrogens (tertiary/aromatic N) is 1. The van der Waals surface area contributed by atoms with Gasteiger partial charge in [0.15, 0.2) is 0 Å². The quantitative estimate of drug-likeness (QED) is 0.944. The molecule has 0 amide bonds. The molecule has 0 aliphatic carbocycles. The highest BCUT2D eigenvalue weighted by molar-refractivity contribution is 7.10. The highest BCUT2D eigenvalue weighted by atomic mass is 32.1. The summed E-state index contributed by atoms with van der Waals surface area (Å²) in [7, 11) is 0. The number of carboxylic acids is 1. The van der Waals surface area contributed by atoms with E-state index < -0.39 is 11.8 Å². The van der Waals surface area contributed by atoms with Gasteiger partial charge < -0.3 is 5.11 Å². The van der Waals surface area contributed by atoms with Gasteiger partial charge in [-0.15, -0.1) is 11.3 Å². The molecule has 5 heteroatoms. The average molecular weight is 291 g/mol. The van der Waals surface area contributed by atoms with Gasteiger partial charge in [-0.2, -0.15) is 0 Å². The van der Waals surface area contributed by atoms with Crippen LogP contribution in [0.15, 0.2) is 29.6 Å². The summed E-state index contributed by atoms with van der Waals surface area (Å²) in [5, 5.41) is 11.1. The van der Waals surface area contributed by atoms with Gasteiger partial charge in [-0.1, -0.05) is 0 Å². The second-order valence-electron chi connectivity index (χ2n) is 4.98. The number of aromatic carboxylic acids is 1. The smallest absolute Gasteiger partial charge is 0.335 e. The molecule has 1 aliphatic heterocycles. The lowest BCUT2D eigenvalue weighted by molar-refractivity contribution is 0.0696. The zero-order valence-corrected chi connectivity index (χ0v) is 11.6. The van der Waals surface area contributed by atoms with E-state index in [4.69, 9.17) is 5.11 Å². The number of carbonyl (C=O) groups is 1. The molecule has 1 aromatic carbocycles. The molecule has 1 aromatic heterocycles. The summed E-state index contributed by atoms with van der Waals surface area (Å²) in [5.41, 5.74) is 2.05.